The summed E-state index contributed by atoms with van der Waals surface area (Å²) >= 11 is 0. The molecule has 4 heteroatoms. The van der Waals surface area contributed by atoms with Gasteiger partial charge in [0.25, 0.3) is 0 Å². The summed E-state index contributed by atoms with van der Waals surface area (Å²) in [5.74, 6) is 0. The molecule has 0 aliphatic rings. The summed E-state index contributed by atoms with van der Waals surface area (Å²) in [5, 5.41) is 9.45. The van der Waals surface area contributed by atoms with Crippen molar-refractivity contribution in [3.63, 3.8) is 0 Å². The Kier molecular flexibility index (Phi) is 7.50. The smallest absolute Gasteiger partial charge is 0.124 e. The lowest BCUT2D eigenvalue weighted by Gasteiger charge is -2.28. The van der Waals surface area contributed by atoms with E-state index in [9.17, 15) is 5.11 Å². The lowest BCUT2D eigenvalue weighted by molar-refractivity contribution is 0.165. The van der Waals surface area contributed by atoms with Gasteiger partial charge in [0.2, 0.25) is 0 Å². The molecule has 1 nitrogen and oxygen atoms in total. The van der Waals surface area contributed by atoms with E-state index in [1.54, 1.807) is 0 Å². The van der Waals surface area contributed by atoms with Gasteiger partial charge in [0, 0.05) is 13.3 Å². The summed E-state index contributed by atoms with van der Waals surface area (Å²) in [7, 11) is -3.12. The third kappa shape index (κ3) is 7.87. The van der Waals surface area contributed by atoms with E-state index >= 15 is 0 Å². The maximum Gasteiger partial charge on any atom is 0.124 e. The average Bonchev–Trinajstić information content (AvgIpc) is 2.29. The number of hydrogen-bond acceptors (Lipinski definition) is 1. The molecule has 0 radical (unpaired) electrons. The zero-order chi connectivity index (χ0) is 15.2. The Hall–Kier alpha value is -0.169. The third-order valence-corrected chi connectivity index (χ3v) is 13.9. The minimum Gasteiger partial charge on any atom is -0.395 e. The van der Waals surface area contributed by atoms with Crippen molar-refractivity contribution in [1.82, 2.24) is 0 Å². The first kappa shape index (κ1) is 18.8. The van der Waals surface area contributed by atoms with E-state index in [-0.39, 0.29) is 14.7 Å². The molecule has 0 atom stereocenters. The molecule has 110 valence electrons. The van der Waals surface area contributed by atoms with Crippen molar-refractivity contribution in [2.75, 3.05) is 0 Å². The van der Waals surface area contributed by atoms with Gasteiger partial charge in [-0.2, -0.15) is 0 Å². The van der Waals surface area contributed by atoms with Crippen LogP contribution >= 0.6 is 0 Å². The van der Waals surface area contributed by atoms with Gasteiger partial charge in [-0.3, -0.25) is 0 Å². The average molecular weight is 313 g/mol. The summed E-state index contributed by atoms with van der Waals surface area (Å²) in [5.41, 5.74) is 6.30. The highest BCUT2D eigenvalue weighted by Gasteiger charge is 2.28. The fourth-order valence-electron chi connectivity index (χ4n) is 2.24. The molecule has 0 spiro atoms. The predicted molar refractivity (Wildman–Crippen MR) is 97.9 cm³/mol. The van der Waals surface area contributed by atoms with Crippen molar-refractivity contribution < 1.29 is 5.11 Å². The van der Waals surface area contributed by atoms with Gasteiger partial charge in [0.1, 0.15) is 8.07 Å². The van der Waals surface area contributed by atoms with Crippen LogP contribution in [0.1, 0.15) is 13.8 Å². The van der Waals surface area contributed by atoms with Gasteiger partial charge >= 0.3 is 0 Å². The van der Waals surface area contributed by atoms with Crippen molar-refractivity contribution in [1.29, 1.82) is 0 Å². The van der Waals surface area contributed by atoms with E-state index in [1.807, 2.05) is 13.8 Å². The fraction of sp³-hybridized carbons (Fsp3) is 0.600. The van der Waals surface area contributed by atoms with Crippen LogP contribution in [0, 0.1) is 0 Å². The minimum atomic E-state index is -1.61. The minimum absolute atomic E-state index is 0.356. The molecule has 0 fully saturated rings. The van der Waals surface area contributed by atoms with E-state index in [2.05, 4.69) is 49.9 Å². The van der Waals surface area contributed by atoms with Crippen LogP contribution in [0.4, 0.5) is 0 Å². The van der Waals surface area contributed by atoms with E-state index in [1.165, 1.54) is 24.2 Å². The quantitative estimate of drug-likeness (QED) is 0.611. The lowest BCUT2D eigenvalue weighted by Crippen LogP contribution is -2.34. The zero-order valence-electron chi connectivity index (χ0n) is 13.3. The molecule has 0 amide bonds. The van der Waals surface area contributed by atoms with E-state index in [0.29, 0.717) is 0 Å². The van der Waals surface area contributed by atoms with Crippen LogP contribution in [0.15, 0.2) is 36.8 Å². The summed E-state index contributed by atoms with van der Waals surface area (Å²) < 4.78 is 0. The Balaban J connectivity index is 4.33. The van der Waals surface area contributed by atoms with Gasteiger partial charge in [-0.25, -0.2) is 0 Å². The van der Waals surface area contributed by atoms with Crippen molar-refractivity contribution in [2.24, 2.45) is 0 Å². The van der Waals surface area contributed by atoms with Gasteiger partial charge in [-0.05, 0) is 19.9 Å². The number of hydrogen-bond donors (Lipinski definition) is 1. The fourth-order valence-corrected chi connectivity index (χ4v) is 13.4. The molecule has 0 unspecified atom stereocenters. The zero-order valence-corrected chi connectivity index (χ0v) is 16.8. The molecule has 0 aromatic carbocycles. The van der Waals surface area contributed by atoms with Gasteiger partial charge < -0.3 is 5.11 Å². The third-order valence-electron chi connectivity index (χ3n) is 4.02. The predicted octanol–water partition coefficient (Wildman–Crippen LogP) is 3.63. The molecule has 0 saturated carbocycles. The van der Waals surface area contributed by atoms with Crippen LogP contribution in [-0.2, 0) is 0 Å². The van der Waals surface area contributed by atoms with E-state index < -0.39 is 16.1 Å². The number of rotatable bonds is 10. The van der Waals surface area contributed by atoms with Crippen molar-refractivity contribution in [3.05, 3.63) is 36.8 Å². The Bertz CT molecular complexity index is 294. The van der Waals surface area contributed by atoms with Gasteiger partial charge in [0.05, 0.1) is 9.52 Å². The SMILES string of the molecule is C=C[Si](C=C)(C=C)CC[Si](C)(C)CC[SiH2]C(C)(C)O. The standard InChI is InChI=1S/C15H32OSi3/c1-8-19(9-2,10-3)14-13-18(6,7)12-11-17-15(4,5)16/h8-10,16H,1-3,11-14,17H2,4-7H3. The highest BCUT2D eigenvalue weighted by Crippen LogP contribution is 2.26. The lowest BCUT2D eigenvalue weighted by atomic mass is 10.5. The molecule has 0 aliphatic heterocycles. The van der Waals surface area contributed by atoms with Crippen molar-refractivity contribution in [3.8, 4) is 0 Å². The van der Waals surface area contributed by atoms with Crippen LogP contribution in [0.3, 0.4) is 0 Å². The maximum atomic E-state index is 9.83. The van der Waals surface area contributed by atoms with Gasteiger partial charge in [-0.15, -0.1) is 19.7 Å². The van der Waals surface area contributed by atoms with Crippen molar-refractivity contribution >= 4 is 25.7 Å². The normalized spacial score (nSPS) is 13.7. The molecule has 0 bridgehead atoms. The maximum absolute atomic E-state index is 9.83. The molecule has 0 rings (SSSR count). The van der Waals surface area contributed by atoms with Crippen LogP contribution in [0.5, 0.6) is 0 Å². The summed E-state index contributed by atoms with van der Waals surface area (Å²) in [6, 6.07) is 5.16. The molecular formula is C15H32OSi3. The molecule has 1 N–H and O–H groups in total. The van der Waals surface area contributed by atoms with Crippen LogP contribution in [0.2, 0.25) is 37.3 Å². The Morgan fingerprint density at radius 1 is 1.00 bits per heavy atom. The summed E-state index contributed by atoms with van der Waals surface area (Å²) in [6.45, 7) is 20.8. The molecule has 0 saturated heterocycles. The van der Waals surface area contributed by atoms with Crippen molar-refractivity contribution in [2.45, 2.75) is 56.3 Å². The molecule has 0 heterocycles. The first-order chi connectivity index (χ1) is 8.60. The second kappa shape index (κ2) is 7.57. The molecular weight excluding hydrogens is 280 g/mol. The van der Waals surface area contributed by atoms with Crippen LogP contribution in [0.25, 0.3) is 0 Å². The second-order valence-electron chi connectivity index (χ2n) is 7.05. The van der Waals surface area contributed by atoms with Crippen LogP contribution < -0.4 is 0 Å². The van der Waals surface area contributed by atoms with Crippen LogP contribution in [-0.4, -0.2) is 36.0 Å². The largest absolute Gasteiger partial charge is 0.395 e. The van der Waals surface area contributed by atoms with E-state index in [0.717, 1.165) is 0 Å². The Morgan fingerprint density at radius 3 is 1.84 bits per heavy atom. The monoisotopic (exact) mass is 312 g/mol. The Morgan fingerprint density at radius 2 is 1.47 bits per heavy atom. The molecule has 0 aliphatic carbocycles. The summed E-state index contributed by atoms with van der Waals surface area (Å²) in [4.78, 5) is 0. The second-order valence-corrected chi connectivity index (χ2v) is 19.3. The first-order valence-electron chi connectivity index (χ1n) is 7.23. The number of aliphatic hydroxyl groups is 1. The molecule has 19 heavy (non-hydrogen) atoms. The first-order valence-corrected chi connectivity index (χ1v) is 14.8. The Labute approximate surface area is 124 Å². The van der Waals surface area contributed by atoms with Gasteiger partial charge in [0.15, 0.2) is 0 Å². The molecule has 0 aromatic heterocycles. The van der Waals surface area contributed by atoms with Gasteiger partial charge in [-0.1, -0.05) is 48.3 Å². The highest BCUT2D eigenvalue weighted by atomic mass is 28.3. The molecule has 0 aromatic rings. The topological polar surface area (TPSA) is 20.2 Å². The van der Waals surface area contributed by atoms with E-state index in [4.69, 9.17) is 0 Å². The highest BCUT2D eigenvalue weighted by molar-refractivity contribution is 6.94. The summed E-state index contributed by atoms with van der Waals surface area (Å²) in [6.07, 6.45) is 0.